The molecule has 2 aromatic heterocycles. The van der Waals surface area contributed by atoms with Crippen LogP contribution in [-0.4, -0.2) is 65.8 Å². The molecule has 28 heavy (non-hydrogen) atoms. The summed E-state index contributed by atoms with van der Waals surface area (Å²) in [6.07, 6.45) is 3.59. The van der Waals surface area contributed by atoms with E-state index in [1.165, 1.54) is 12.1 Å². The summed E-state index contributed by atoms with van der Waals surface area (Å²) in [6, 6.07) is 5.76. The summed E-state index contributed by atoms with van der Waals surface area (Å²) in [5, 5.41) is 10.8. The Bertz CT molecular complexity index is 764. The summed E-state index contributed by atoms with van der Waals surface area (Å²) in [7, 11) is 1.61. The maximum atomic E-state index is 11.6. The minimum absolute atomic E-state index is 0.167. The lowest BCUT2D eigenvalue weighted by atomic mass is 10.2. The molecule has 1 aliphatic rings. The van der Waals surface area contributed by atoms with Crippen molar-refractivity contribution in [1.82, 2.24) is 30.1 Å². The summed E-state index contributed by atoms with van der Waals surface area (Å²) in [5.74, 6) is 0.587. The van der Waals surface area contributed by atoms with Gasteiger partial charge in [-0.05, 0) is 23.8 Å². The number of pyridine rings is 1. The third kappa shape index (κ3) is 5.54. The average molecular weight is 403 g/mol. The van der Waals surface area contributed by atoms with E-state index in [4.69, 9.17) is 0 Å². The van der Waals surface area contributed by atoms with Gasteiger partial charge in [-0.25, -0.2) is 9.71 Å². The number of rotatable bonds is 8. The van der Waals surface area contributed by atoms with E-state index >= 15 is 0 Å². The number of nitrogens with one attached hydrogen (secondary N) is 3. The van der Waals surface area contributed by atoms with Gasteiger partial charge in [-0.15, -0.1) is 5.10 Å². The molecule has 0 aliphatic carbocycles. The highest BCUT2D eigenvalue weighted by atomic mass is 32.2. The molecule has 1 saturated heterocycles. The number of aromatic nitrogens is 3. The third-order valence-corrected chi connectivity index (χ3v) is 5.18. The molecule has 0 bridgehead atoms. The number of piperazine rings is 1. The molecule has 9 nitrogen and oxygen atoms in total. The monoisotopic (exact) mass is 402 g/mol. The van der Waals surface area contributed by atoms with E-state index in [0.717, 1.165) is 56.3 Å². The van der Waals surface area contributed by atoms with E-state index < -0.39 is 0 Å². The Hall–Kier alpha value is -2.43. The van der Waals surface area contributed by atoms with E-state index in [9.17, 15) is 4.79 Å². The smallest absolute Gasteiger partial charge is 0.269 e. The van der Waals surface area contributed by atoms with Gasteiger partial charge in [-0.3, -0.25) is 14.4 Å². The summed E-state index contributed by atoms with van der Waals surface area (Å²) in [4.78, 5) is 20.6. The predicted octanol–water partition coefficient (Wildman–Crippen LogP) is 1.14. The van der Waals surface area contributed by atoms with Crippen molar-refractivity contribution in [3.63, 3.8) is 0 Å². The van der Waals surface area contributed by atoms with Crippen LogP contribution in [-0.2, 0) is 6.54 Å². The summed E-state index contributed by atoms with van der Waals surface area (Å²) in [6.45, 7) is 7.50. The maximum absolute atomic E-state index is 11.6. The lowest BCUT2D eigenvalue weighted by Crippen LogP contribution is -2.46. The molecular formula is C18H26N8OS. The molecule has 10 heteroatoms. The van der Waals surface area contributed by atoms with Gasteiger partial charge in [0.1, 0.15) is 5.69 Å². The number of nitrogens with zero attached hydrogens (tertiary/aromatic N) is 5. The highest BCUT2D eigenvalue weighted by molar-refractivity contribution is 7.98. The second-order valence-corrected chi connectivity index (χ2v) is 7.09. The average Bonchev–Trinajstić information content (AvgIpc) is 2.74. The highest BCUT2D eigenvalue weighted by Crippen LogP contribution is 2.17. The van der Waals surface area contributed by atoms with Gasteiger partial charge < -0.3 is 10.2 Å². The standard InChI is InChI=1S/C18H26N8OS/c1-3-22-28-24-17-10-14(11-21-23-17)13-25-6-8-26(9-7-25)15-4-5-16(20-12-15)18(27)19-2/h4-5,10-12,22H,3,6-9,13H2,1-2H3,(H,19,27)(H,23,24). The number of amides is 1. The van der Waals surface area contributed by atoms with Crippen LogP contribution in [0.3, 0.4) is 0 Å². The van der Waals surface area contributed by atoms with Gasteiger partial charge in [0.05, 0.1) is 18.1 Å². The molecule has 0 unspecified atom stereocenters. The van der Waals surface area contributed by atoms with Crippen LogP contribution in [0.25, 0.3) is 0 Å². The minimum Gasteiger partial charge on any atom is -0.368 e. The molecule has 0 radical (unpaired) electrons. The molecule has 3 N–H and O–H groups in total. The van der Waals surface area contributed by atoms with Crippen LogP contribution in [0.4, 0.5) is 11.5 Å². The van der Waals surface area contributed by atoms with Crippen molar-refractivity contribution in [1.29, 1.82) is 0 Å². The molecule has 1 fully saturated rings. The molecule has 150 valence electrons. The molecular weight excluding hydrogens is 376 g/mol. The minimum atomic E-state index is -0.167. The Kier molecular flexibility index (Phi) is 7.40. The van der Waals surface area contributed by atoms with Gasteiger partial charge in [0.2, 0.25) is 0 Å². The van der Waals surface area contributed by atoms with Crippen LogP contribution < -0.4 is 19.7 Å². The van der Waals surface area contributed by atoms with E-state index in [1.54, 1.807) is 19.3 Å². The third-order valence-electron chi connectivity index (χ3n) is 4.43. The van der Waals surface area contributed by atoms with Crippen molar-refractivity contribution in [2.75, 3.05) is 49.4 Å². The van der Waals surface area contributed by atoms with Gasteiger partial charge >= 0.3 is 0 Å². The number of carbonyl (C=O) groups excluding carboxylic acids is 1. The van der Waals surface area contributed by atoms with E-state index in [2.05, 4.69) is 39.7 Å². The fourth-order valence-corrected chi connectivity index (χ4v) is 3.38. The SMILES string of the molecule is CCNSNc1cc(CN2CCN(c3ccc(C(=O)NC)nc3)CC2)cnn1. The van der Waals surface area contributed by atoms with Gasteiger partial charge in [0.15, 0.2) is 5.82 Å². The lowest BCUT2D eigenvalue weighted by molar-refractivity contribution is 0.0958. The Labute approximate surface area is 169 Å². The second kappa shape index (κ2) is 10.2. The molecule has 3 heterocycles. The molecule has 0 saturated carbocycles. The van der Waals surface area contributed by atoms with Crippen molar-refractivity contribution >= 4 is 29.5 Å². The first-order valence-corrected chi connectivity index (χ1v) is 10.1. The zero-order chi connectivity index (χ0) is 19.8. The van der Waals surface area contributed by atoms with Crippen LogP contribution in [0, 0.1) is 0 Å². The van der Waals surface area contributed by atoms with Gasteiger partial charge in [0.25, 0.3) is 5.91 Å². The lowest BCUT2D eigenvalue weighted by Gasteiger charge is -2.35. The zero-order valence-electron chi connectivity index (χ0n) is 16.2. The largest absolute Gasteiger partial charge is 0.368 e. The zero-order valence-corrected chi connectivity index (χ0v) is 17.0. The van der Waals surface area contributed by atoms with Crippen molar-refractivity contribution in [2.45, 2.75) is 13.5 Å². The van der Waals surface area contributed by atoms with Gasteiger partial charge in [0, 0.05) is 58.5 Å². The van der Waals surface area contributed by atoms with E-state index in [-0.39, 0.29) is 5.91 Å². The Morgan fingerprint density at radius 3 is 2.71 bits per heavy atom. The highest BCUT2D eigenvalue weighted by Gasteiger charge is 2.18. The Morgan fingerprint density at radius 2 is 2.04 bits per heavy atom. The van der Waals surface area contributed by atoms with Crippen molar-refractivity contribution in [3.8, 4) is 0 Å². The second-order valence-electron chi connectivity index (χ2n) is 6.40. The van der Waals surface area contributed by atoms with Crippen LogP contribution in [0.1, 0.15) is 23.0 Å². The first-order valence-electron chi connectivity index (χ1n) is 9.31. The van der Waals surface area contributed by atoms with Crippen LogP contribution >= 0.6 is 12.1 Å². The number of hydrogen-bond acceptors (Lipinski definition) is 9. The Balaban J connectivity index is 1.50. The fourth-order valence-electron chi connectivity index (χ4n) is 2.96. The quantitative estimate of drug-likeness (QED) is 0.443. The molecule has 0 aromatic carbocycles. The summed E-state index contributed by atoms with van der Waals surface area (Å²) in [5.41, 5.74) is 2.62. The van der Waals surface area contributed by atoms with Gasteiger partial charge in [-0.1, -0.05) is 6.92 Å². The number of carbonyl (C=O) groups is 1. The maximum Gasteiger partial charge on any atom is 0.269 e. The molecule has 0 atom stereocenters. The van der Waals surface area contributed by atoms with Crippen LogP contribution in [0.2, 0.25) is 0 Å². The predicted molar refractivity (Wildman–Crippen MR) is 112 cm³/mol. The summed E-state index contributed by atoms with van der Waals surface area (Å²) >= 11 is 1.41. The number of anilines is 2. The molecule has 2 aromatic rings. The normalized spacial score (nSPS) is 14.7. The summed E-state index contributed by atoms with van der Waals surface area (Å²) < 4.78 is 6.26. The van der Waals surface area contributed by atoms with Crippen molar-refractivity contribution in [3.05, 3.63) is 41.9 Å². The van der Waals surface area contributed by atoms with Gasteiger partial charge in [-0.2, -0.15) is 5.10 Å². The molecule has 1 amide bonds. The molecule has 1 aliphatic heterocycles. The topological polar surface area (TPSA) is 98.3 Å². The van der Waals surface area contributed by atoms with E-state index in [1.807, 2.05) is 25.3 Å². The first-order chi connectivity index (χ1) is 13.7. The fraction of sp³-hybridized carbons (Fsp3) is 0.444. The molecule has 0 spiro atoms. The van der Waals surface area contributed by atoms with Crippen LogP contribution in [0.5, 0.6) is 0 Å². The molecule has 3 rings (SSSR count). The van der Waals surface area contributed by atoms with Crippen molar-refractivity contribution < 1.29 is 4.79 Å². The van der Waals surface area contributed by atoms with Crippen LogP contribution in [0.15, 0.2) is 30.6 Å². The van der Waals surface area contributed by atoms with Crippen molar-refractivity contribution in [2.24, 2.45) is 0 Å². The first kappa shape index (κ1) is 20.3. The van der Waals surface area contributed by atoms with E-state index in [0.29, 0.717) is 5.69 Å². The number of hydrogen-bond donors (Lipinski definition) is 3. The Morgan fingerprint density at radius 1 is 1.21 bits per heavy atom.